The quantitative estimate of drug-likeness (QED) is 0.116. The maximum atomic E-state index is 7.47. The van der Waals surface area contributed by atoms with Crippen molar-refractivity contribution in [3.63, 3.8) is 0 Å². The van der Waals surface area contributed by atoms with Gasteiger partial charge in [0, 0.05) is 44.2 Å². The molecule has 0 N–H and O–H groups in total. The molecule has 8 aromatic rings. The second-order valence-corrected chi connectivity index (χ2v) is 35.7. The summed E-state index contributed by atoms with van der Waals surface area (Å²) in [6.07, 6.45) is 0. The number of hydrogen-bond donors (Lipinski definition) is 0. The average Bonchev–Trinajstić information content (AvgIpc) is 1.38. The molecule has 1 unspecified atom stereocenters. The molecule has 12 heteroatoms. The fraction of sp³-hybridized carbons (Fsp3) is 0.457. The normalized spacial score (nSPS) is 14.9. The highest BCUT2D eigenvalue weighted by Crippen LogP contribution is 2.61. The number of benzene rings is 7. The Hall–Kier alpha value is -4.60. The van der Waals surface area contributed by atoms with Crippen molar-refractivity contribution in [2.75, 3.05) is 0 Å². The zero-order valence-electron chi connectivity index (χ0n) is 53.1. The maximum absolute atomic E-state index is 7.47. The Labute approximate surface area is 502 Å². The third-order valence-corrected chi connectivity index (χ3v) is 18.4. The van der Waals surface area contributed by atoms with Crippen molar-refractivity contribution in [1.29, 1.82) is 0 Å². The molecule has 7 aromatic carbocycles. The van der Waals surface area contributed by atoms with Gasteiger partial charge in [0.1, 0.15) is 34.2 Å². The molecule has 2 heterocycles. The van der Waals surface area contributed by atoms with Gasteiger partial charge in [0.2, 0.25) is 0 Å². The van der Waals surface area contributed by atoms with Crippen LogP contribution in [0.5, 0.6) is 28.7 Å². The molecule has 7 nitrogen and oxygen atoms in total. The standard InChI is InChI=1S/C70H87Cl2O7P3/c1-63(2,3)42-32-46(58(75-80(71)72)50(36-42)67(13,14)15)47-33-43(64(4,5)6)37-51(68(16,17)18)59(47)78-82-74-55-30-26-28-41-31-40-27-25-29-54(56(40)62(79-82)57(41)55)73-81-76-60-48(34-44(65(7,8)9)38-52(60)69(19,20)21)49-35-45(66(10,11)12)39-53(61(49)77-81)70(22,23)24/h25-39H,1-24H3. The van der Waals surface area contributed by atoms with Crippen LogP contribution in [0.1, 0.15) is 211 Å². The van der Waals surface area contributed by atoms with E-state index in [4.69, 9.17) is 53.5 Å². The highest BCUT2D eigenvalue weighted by atomic mass is 35.9. The van der Waals surface area contributed by atoms with Crippen molar-refractivity contribution >= 4 is 89.7 Å². The van der Waals surface area contributed by atoms with E-state index in [1.165, 1.54) is 11.1 Å². The monoisotopic (exact) mass is 1200 g/mol. The van der Waals surface area contributed by atoms with Crippen molar-refractivity contribution in [3.8, 4) is 39.9 Å². The van der Waals surface area contributed by atoms with Gasteiger partial charge in [-0.3, -0.25) is 0 Å². The van der Waals surface area contributed by atoms with Crippen LogP contribution in [-0.4, -0.2) is 0 Å². The van der Waals surface area contributed by atoms with E-state index in [0.29, 0.717) is 28.7 Å². The van der Waals surface area contributed by atoms with Crippen LogP contribution in [0.2, 0.25) is 0 Å². The molecule has 0 aliphatic carbocycles. The predicted octanol–water partition coefficient (Wildman–Crippen LogP) is 24.6. The lowest BCUT2D eigenvalue weighted by atomic mass is 9.75. The van der Waals surface area contributed by atoms with Gasteiger partial charge in [0.25, 0.3) is 6.85 Å². The topological polar surface area (TPSA) is 72.4 Å². The Morgan fingerprint density at radius 1 is 0.402 bits per heavy atom. The lowest BCUT2D eigenvalue weighted by molar-refractivity contribution is 0.377. The maximum Gasteiger partial charge on any atom is 0.530 e. The Kier molecular flexibility index (Phi) is 16.0. The van der Waals surface area contributed by atoms with Gasteiger partial charge in [-0.15, -0.1) is 0 Å². The molecule has 438 valence electrons. The van der Waals surface area contributed by atoms with Gasteiger partial charge in [0.15, 0.2) is 5.75 Å². The van der Waals surface area contributed by atoms with Crippen LogP contribution in [-0.2, 0) is 43.3 Å². The summed E-state index contributed by atoms with van der Waals surface area (Å²) in [5.74, 6) is 3.02. The smallest absolute Gasteiger partial charge is 0.444 e. The summed E-state index contributed by atoms with van der Waals surface area (Å²) in [6.45, 7) is 51.9. The number of fused-ring (bicyclic) bond motifs is 5. The lowest BCUT2D eigenvalue weighted by Gasteiger charge is -2.33. The molecule has 1 aliphatic heterocycles. The Balaban J connectivity index is 1.31. The summed E-state index contributed by atoms with van der Waals surface area (Å²) >= 11 is 13.4. The van der Waals surface area contributed by atoms with Crippen molar-refractivity contribution in [1.82, 2.24) is 0 Å². The van der Waals surface area contributed by atoms with Crippen LogP contribution >= 0.6 is 46.2 Å². The Morgan fingerprint density at radius 3 is 1.24 bits per heavy atom. The third-order valence-electron chi connectivity index (χ3n) is 15.7. The molecular formula is C70H87Cl2O7P3. The van der Waals surface area contributed by atoms with E-state index in [1.54, 1.807) is 0 Å². The van der Waals surface area contributed by atoms with Crippen LogP contribution in [0, 0.1) is 0 Å². The van der Waals surface area contributed by atoms with Gasteiger partial charge in [0.05, 0.1) is 10.8 Å². The molecule has 0 saturated heterocycles. The van der Waals surface area contributed by atoms with E-state index in [2.05, 4.69) is 233 Å². The molecule has 82 heavy (non-hydrogen) atoms. The number of halogens is 2. The number of hydrogen-bond acceptors (Lipinski definition) is 7. The molecule has 0 radical (unpaired) electrons. The van der Waals surface area contributed by atoms with Gasteiger partial charge in [-0.05, 0) is 141 Å². The van der Waals surface area contributed by atoms with E-state index in [0.717, 1.165) is 88.0 Å². The summed E-state index contributed by atoms with van der Waals surface area (Å²) in [6, 6.07) is 32.6. The van der Waals surface area contributed by atoms with Crippen LogP contribution in [0.15, 0.2) is 99.4 Å². The fourth-order valence-corrected chi connectivity index (χ4v) is 13.6. The summed E-state index contributed by atoms with van der Waals surface area (Å²) in [5.41, 5.74) is 9.92. The molecule has 9 rings (SSSR count). The SMILES string of the molecule is CC(C)(C)c1cc(-c2cc(C(C)(C)C)cc(C(C)(C)C)c2OP2Oc3cccc4cc5cccc(Op6oc7c(C(C)(C)C)cc(C(C)(C)C)cc7c7cc(C(C)(C)C)cc(C(C)(C)C)c7o6)c5c(c34)O2)c(OP(Cl)Cl)c(C(C)(C)C)c1. The van der Waals surface area contributed by atoms with Gasteiger partial charge in [-0.1, -0.05) is 215 Å². The van der Waals surface area contributed by atoms with Crippen molar-refractivity contribution in [3.05, 3.63) is 136 Å². The predicted molar refractivity (Wildman–Crippen MR) is 353 cm³/mol. The van der Waals surface area contributed by atoms with Crippen LogP contribution in [0.25, 0.3) is 54.6 Å². The van der Waals surface area contributed by atoms with E-state index >= 15 is 0 Å². The van der Waals surface area contributed by atoms with Gasteiger partial charge >= 0.3 is 16.8 Å². The second-order valence-electron chi connectivity index (χ2n) is 30.8. The minimum Gasteiger partial charge on any atom is -0.444 e. The van der Waals surface area contributed by atoms with Crippen molar-refractivity contribution in [2.45, 2.75) is 209 Å². The molecule has 0 amide bonds. The Bertz CT molecular complexity index is 3760. The summed E-state index contributed by atoms with van der Waals surface area (Å²) in [4.78, 5) is 0. The minimum absolute atomic E-state index is 0.147. The molecule has 1 aromatic heterocycles. The number of rotatable bonds is 7. The minimum atomic E-state index is -2.20. The summed E-state index contributed by atoms with van der Waals surface area (Å²) in [5, 5.41) is 5.43. The van der Waals surface area contributed by atoms with E-state index in [1.807, 2.05) is 24.3 Å². The zero-order chi connectivity index (χ0) is 60.6. The second kappa shape index (κ2) is 21.1. The first-order valence-electron chi connectivity index (χ1n) is 28.7. The highest BCUT2D eigenvalue weighted by Gasteiger charge is 2.38. The Morgan fingerprint density at radius 2 is 0.805 bits per heavy atom. The first kappa shape index (κ1) is 61.9. The zero-order valence-corrected chi connectivity index (χ0v) is 57.3. The third kappa shape index (κ3) is 12.4. The largest absolute Gasteiger partial charge is 0.530 e. The van der Waals surface area contributed by atoms with Gasteiger partial charge in [-0.2, -0.15) is 0 Å². The summed E-state index contributed by atoms with van der Waals surface area (Å²) < 4.78 is 50.4. The van der Waals surface area contributed by atoms with Crippen LogP contribution in [0.4, 0.5) is 0 Å². The van der Waals surface area contributed by atoms with E-state index in [9.17, 15) is 0 Å². The van der Waals surface area contributed by atoms with Gasteiger partial charge in [-0.25, -0.2) is 0 Å². The average molecular weight is 1200 g/mol. The molecule has 1 aliphatic rings. The molecule has 0 fully saturated rings. The molecular weight excluding hydrogens is 1120 g/mol. The highest BCUT2D eigenvalue weighted by molar-refractivity contribution is 8.00. The molecule has 0 saturated carbocycles. The first-order chi connectivity index (χ1) is 37.5. The van der Waals surface area contributed by atoms with Crippen molar-refractivity contribution in [2.24, 2.45) is 0 Å². The lowest BCUT2D eigenvalue weighted by Crippen LogP contribution is -2.20. The van der Waals surface area contributed by atoms with E-state index < -0.39 is 29.1 Å². The molecule has 0 spiro atoms. The molecule has 1 atom stereocenters. The molecule has 0 bridgehead atoms. The van der Waals surface area contributed by atoms with Crippen LogP contribution < -0.4 is 22.6 Å². The van der Waals surface area contributed by atoms with Crippen LogP contribution in [0.3, 0.4) is 0 Å². The first-order valence-corrected chi connectivity index (χ1v) is 34.0. The fourth-order valence-electron chi connectivity index (χ4n) is 10.7. The summed E-state index contributed by atoms with van der Waals surface area (Å²) in [7, 11) is -4.36. The van der Waals surface area contributed by atoms with E-state index in [-0.39, 0.29) is 37.9 Å². The van der Waals surface area contributed by atoms with Crippen molar-refractivity contribution < 1.29 is 31.0 Å². The van der Waals surface area contributed by atoms with Gasteiger partial charge < -0.3 is 31.0 Å².